The molecule has 100 valence electrons. The van der Waals surface area contributed by atoms with E-state index in [0.717, 1.165) is 5.56 Å². The second kappa shape index (κ2) is 5.75. The van der Waals surface area contributed by atoms with Gasteiger partial charge in [0.1, 0.15) is 18.2 Å². The highest BCUT2D eigenvalue weighted by Crippen LogP contribution is 2.25. The average Bonchev–Trinajstić information content (AvgIpc) is 2.42. The number of hydrogen-bond donors (Lipinski definition) is 1. The van der Waals surface area contributed by atoms with Gasteiger partial charge in [0.25, 0.3) is 0 Å². The number of aromatic nitrogens is 2. The second-order valence-corrected chi connectivity index (χ2v) is 4.15. The third-order valence-electron chi connectivity index (χ3n) is 2.85. The van der Waals surface area contributed by atoms with E-state index >= 15 is 0 Å². The monoisotopic (exact) mass is 261 g/mol. The number of benzene rings is 1. The molecule has 0 bridgehead atoms. The molecule has 0 saturated heterocycles. The van der Waals surface area contributed by atoms with Crippen molar-refractivity contribution < 1.29 is 9.13 Å². The van der Waals surface area contributed by atoms with E-state index in [0.29, 0.717) is 29.5 Å². The SMILES string of the molecule is CNc1cc(-c2cccc(F)c2C)nc(COC)n1. The third kappa shape index (κ3) is 2.88. The van der Waals surface area contributed by atoms with Crippen molar-refractivity contribution in [3.05, 3.63) is 41.5 Å². The molecule has 0 atom stereocenters. The number of halogens is 1. The average molecular weight is 261 g/mol. The number of ether oxygens (including phenoxy) is 1. The molecule has 0 amide bonds. The van der Waals surface area contributed by atoms with Crippen molar-refractivity contribution in [2.24, 2.45) is 0 Å². The summed E-state index contributed by atoms with van der Waals surface area (Å²) in [5.74, 6) is 1.00. The molecule has 5 heteroatoms. The predicted octanol–water partition coefficient (Wildman–Crippen LogP) is 2.78. The minimum atomic E-state index is -0.240. The molecule has 2 rings (SSSR count). The summed E-state index contributed by atoms with van der Waals surface area (Å²) in [7, 11) is 3.36. The Bertz CT molecular complexity index is 587. The summed E-state index contributed by atoms with van der Waals surface area (Å²) < 4.78 is 18.7. The fourth-order valence-electron chi connectivity index (χ4n) is 1.84. The Kier molecular flexibility index (Phi) is 4.06. The van der Waals surface area contributed by atoms with Crippen molar-refractivity contribution in [3.8, 4) is 11.3 Å². The molecule has 2 aromatic rings. The van der Waals surface area contributed by atoms with Gasteiger partial charge in [-0.3, -0.25) is 0 Å². The van der Waals surface area contributed by atoms with Gasteiger partial charge < -0.3 is 10.1 Å². The maximum Gasteiger partial charge on any atom is 0.157 e. The Morgan fingerprint density at radius 2 is 2.11 bits per heavy atom. The first kappa shape index (κ1) is 13.4. The number of nitrogens with zero attached hydrogens (tertiary/aromatic N) is 2. The van der Waals surface area contributed by atoms with E-state index in [1.807, 2.05) is 6.07 Å². The number of methoxy groups -OCH3 is 1. The number of rotatable bonds is 4. The van der Waals surface area contributed by atoms with E-state index in [2.05, 4.69) is 15.3 Å². The molecule has 0 unspecified atom stereocenters. The lowest BCUT2D eigenvalue weighted by Crippen LogP contribution is -2.03. The molecule has 1 aromatic carbocycles. The topological polar surface area (TPSA) is 47.0 Å². The lowest BCUT2D eigenvalue weighted by Gasteiger charge is -2.10. The lowest BCUT2D eigenvalue weighted by molar-refractivity contribution is 0.178. The van der Waals surface area contributed by atoms with E-state index in [-0.39, 0.29) is 5.82 Å². The Hall–Kier alpha value is -2.01. The smallest absolute Gasteiger partial charge is 0.157 e. The van der Waals surface area contributed by atoms with Gasteiger partial charge in [0, 0.05) is 25.8 Å². The van der Waals surface area contributed by atoms with Crippen LogP contribution < -0.4 is 5.32 Å². The van der Waals surface area contributed by atoms with Gasteiger partial charge in [0.05, 0.1) is 5.69 Å². The van der Waals surface area contributed by atoms with Crippen LogP contribution in [0.1, 0.15) is 11.4 Å². The van der Waals surface area contributed by atoms with Crippen LogP contribution in [0.15, 0.2) is 24.3 Å². The molecule has 1 N–H and O–H groups in total. The van der Waals surface area contributed by atoms with Gasteiger partial charge in [-0.1, -0.05) is 12.1 Å². The molecule has 1 aromatic heterocycles. The highest BCUT2D eigenvalue weighted by molar-refractivity contribution is 5.66. The predicted molar refractivity (Wildman–Crippen MR) is 72.4 cm³/mol. The molecule has 19 heavy (non-hydrogen) atoms. The highest BCUT2D eigenvalue weighted by atomic mass is 19.1. The molecule has 0 aliphatic carbocycles. The minimum Gasteiger partial charge on any atom is -0.377 e. The zero-order valence-electron chi connectivity index (χ0n) is 11.2. The second-order valence-electron chi connectivity index (χ2n) is 4.15. The van der Waals surface area contributed by atoms with Crippen molar-refractivity contribution >= 4 is 5.82 Å². The highest BCUT2D eigenvalue weighted by Gasteiger charge is 2.10. The Labute approximate surface area is 111 Å². The number of anilines is 1. The molecule has 1 heterocycles. The minimum absolute atomic E-state index is 0.240. The summed E-state index contributed by atoms with van der Waals surface area (Å²) in [6, 6.07) is 6.75. The van der Waals surface area contributed by atoms with Crippen LogP contribution in [-0.2, 0) is 11.3 Å². The molecule has 4 nitrogen and oxygen atoms in total. The van der Waals surface area contributed by atoms with Crippen molar-refractivity contribution in [2.45, 2.75) is 13.5 Å². The van der Waals surface area contributed by atoms with Crippen LogP contribution in [0.3, 0.4) is 0 Å². The van der Waals surface area contributed by atoms with Gasteiger partial charge in [-0.25, -0.2) is 14.4 Å². The lowest BCUT2D eigenvalue weighted by atomic mass is 10.0. The van der Waals surface area contributed by atoms with Crippen LogP contribution in [0.2, 0.25) is 0 Å². The quantitative estimate of drug-likeness (QED) is 0.919. The number of nitrogens with one attached hydrogen (secondary N) is 1. The van der Waals surface area contributed by atoms with Gasteiger partial charge in [-0.15, -0.1) is 0 Å². The summed E-state index contributed by atoms with van der Waals surface area (Å²) in [4.78, 5) is 8.68. The van der Waals surface area contributed by atoms with Crippen LogP contribution in [-0.4, -0.2) is 24.1 Å². The van der Waals surface area contributed by atoms with Gasteiger partial charge >= 0.3 is 0 Å². The van der Waals surface area contributed by atoms with Gasteiger partial charge in [-0.05, 0) is 18.6 Å². The first-order valence-electron chi connectivity index (χ1n) is 5.96. The molecule has 0 aliphatic heterocycles. The zero-order chi connectivity index (χ0) is 13.8. The zero-order valence-corrected chi connectivity index (χ0v) is 11.2. The van der Waals surface area contributed by atoms with Crippen molar-refractivity contribution in [1.82, 2.24) is 9.97 Å². The van der Waals surface area contributed by atoms with Crippen LogP contribution >= 0.6 is 0 Å². The maximum absolute atomic E-state index is 13.6. The first-order valence-corrected chi connectivity index (χ1v) is 5.96. The maximum atomic E-state index is 13.6. The summed E-state index contributed by atoms with van der Waals surface area (Å²) in [5.41, 5.74) is 2.02. The molecule has 0 spiro atoms. The molecule has 0 saturated carbocycles. The Balaban J connectivity index is 2.54. The van der Waals surface area contributed by atoms with Gasteiger partial charge in [-0.2, -0.15) is 0 Å². The van der Waals surface area contributed by atoms with Gasteiger partial charge in [0.2, 0.25) is 0 Å². The number of hydrogen-bond acceptors (Lipinski definition) is 4. The molecule has 0 radical (unpaired) electrons. The van der Waals surface area contributed by atoms with E-state index in [1.165, 1.54) is 6.07 Å². The summed E-state index contributed by atoms with van der Waals surface area (Å²) in [6.45, 7) is 2.05. The van der Waals surface area contributed by atoms with Crippen LogP contribution in [0, 0.1) is 12.7 Å². The Morgan fingerprint density at radius 3 is 2.79 bits per heavy atom. The van der Waals surface area contributed by atoms with Crippen LogP contribution in [0.25, 0.3) is 11.3 Å². The van der Waals surface area contributed by atoms with E-state index in [4.69, 9.17) is 4.74 Å². The molecular weight excluding hydrogens is 245 g/mol. The normalized spacial score (nSPS) is 10.5. The summed E-state index contributed by atoms with van der Waals surface area (Å²) in [5, 5.41) is 2.97. The third-order valence-corrected chi connectivity index (χ3v) is 2.85. The van der Waals surface area contributed by atoms with Crippen molar-refractivity contribution in [2.75, 3.05) is 19.5 Å². The molecule has 0 fully saturated rings. The van der Waals surface area contributed by atoms with Crippen molar-refractivity contribution in [1.29, 1.82) is 0 Å². The van der Waals surface area contributed by atoms with E-state index < -0.39 is 0 Å². The van der Waals surface area contributed by atoms with Crippen LogP contribution in [0.4, 0.5) is 10.2 Å². The summed E-state index contributed by atoms with van der Waals surface area (Å²) in [6.07, 6.45) is 0. The van der Waals surface area contributed by atoms with Crippen LogP contribution in [0.5, 0.6) is 0 Å². The fraction of sp³-hybridized carbons (Fsp3) is 0.286. The summed E-state index contributed by atoms with van der Waals surface area (Å²) >= 11 is 0. The standard InChI is InChI=1S/C14H16FN3O/c1-9-10(5-4-6-11(9)15)12-7-13(16-2)18-14(17-12)8-19-3/h4-7H,8H2,1-3H3,(H,16,17,18). The largest absolute Gasteiger partial charge is 0.377 e. The van der Waals surface area contributed by atoms with Gasteiger partial charge in [0.15, 0.2) is 5.82 Å². The van der Waals surface area contributed by atoms with E-state index in [1.54, 1.807) is 33.2 Å². The molecular formula is C14H16FN3O. The van der Waals surface area contributed by atoms with Crippen molar-refractivity contribution in [3.63, 3.8) is 0 Å². The van der Waals surface area contributed by atoms with E-state index in [9.17, 15) is 4.39 Å². The molecule has 0 aliphatic rings. The first-order chi connectivity index (χ1) is 9.15. The fourth-order valence-corrected chi connectivity index (χ4v) is 1.84. The Morgan fingerprint density at radius 1 is 1.32 bits per heavy atom.